The lowest BCUT2D eigenvalue weighted by Gasteiger charge is -2.45. The molecule has 2 saturated carbocycles. The van der Waals surface area contributed by atoms with Crippen molar-refractivity contribution in [1.82, 2.24) is 28.9 Å². The third-order valence-corrected chi connectivity index (χ3v) is 10.9. The lowest BCUT2D eigenvalue weighted by molar-refractivity contribution is 0.0747. The maximum Gasteiger partial charge on any atom is 0.262 e. The largest absolute Gasteiger partial charge is 0.291 e. The van der Waals surface area contributed by atoms with E-state index in [1.807, 2.05) is 18.2 Å². The molecule has 4 aromatic rings. The van der Waals surface area contributed by atoms with Gasteiger partial charge in [0.15, 0.2) is 10.8 Å². The van der Waals surface area contributed by atoms with Crippen LogP contribution in [0.25, 0.3) is 11.8 Å². The summed E-state index contributed by atoms with van der Waals surface area (Å²) in [4.78, 5) is 19.1. The number of hydrogen-bond acceptors (Lipinski definition) is 6. The molecule has 3 aliphatic carbocycles. The number of carbonyl (C=O) groups excluding carboxylic acids is 1. The molecule has 2 atom stereocenters. The van der Waals surface area contributed by atoms with E-state index in [9.17, 15) is 17.6 Å². The van der Waals surface area contributed by atoms with Crippen molar-refractivity contribution in [2.24, 2.45) is 12.5 Å². The van der Waals surface area contributed by atoms with Crippen molar-refractivity contribution in [3.63, 3.8) is 0 Å². The molecule has 2 fully saturated rings. The smallest absolute Gasteiger partial charge is 0.262 e. The van der Waals surface area contributed by atoms with Gasteiger partial charge in [0, 0.05) is 32.5 Å². The van der Waals surface area contributed by atoms with E-state index in [4.69, 9.17) is 0 Å². The summed E-state index contributed by atoms with van der Waals surface area (Å²) >= 11 is 0. The molecule has 42 heavy (non-hydrogen) atoms. The van der Waals surface area contributed by atoms with E-state index >= 15 is 0 Å². The summed E-state index contributed by atoms with van der Waals surface area (Å²) in [7, 11) is -0.613. The molecule has 0 unspecified atom stereocenters. The summed E-state index contributed by atoms with van der Waals surface area (Å²) < 4.78 is 45.4. The van der Waals surface area contributed by atoms with Crippen LogP contribution in [-0.4, -0.2) is 56.1 Å². The van der Waals surface area contributed by atoms with Crippen LogP contribution >= 0.6 is 0 Å². The molecule has 3 heterocycles. The highest BCUT2D eigenvalue weighted by atomic mass is 32.2. The molecule has 0 radical (unpaired) electrons. The molecule has 11 heteroatoms. The van der Waals surface area contributed by atoms with Gasteiger partial charge in [-0.25, -0.2) is 17.5 Å². The lowest BCUT2D eigenvalue weighted by Crippen LogP contribution is -2.49. The van der Waals surface area contributed by atoms with Crippen LogP contribution in [0.2, 0.25) is 0 Å². The molecule has 9 nitrogen and oxygen atoms in total. The highest BCUT2D eigenvalue weighted by Gasteiger charge is 2.51. The van der Waals surface area contributed by atoms with Gasteiger partial charge in [-0.2, -0.15) is 14.5 Å². The Labute approximate surface area is 243 Å². The number of Topliss-reactive ketones (excluding diaryl/α,β-unsaturated/α-hetero) is 1. The summed E-state index contributed by atoms with van der Waals surface area (Å²) in [5, 5.41) is 8.73. The van der Waals surface area contributed by atoms with Gasteiger partial charge in [-0.15, -0.1) is 0 Å². The molecule has 0 aliphatic heterocycles. The van der Waals surface area contributed by atoms with E-state index in [0.717, 1.165) is 40.9 Å². The number of hydrogen-bond donors (Lipinski definition) is 0. The first kappa shape index (κ1) is 26.9. The van der Waals surface area contributed by atoms with Crippen LogP contribution in [0.5, 0.6) is 0 Å². The van der Waals surface area contributed by atoms with E-state index < -0.39 is 21.5 Å². The summed E-state index contributed by atoms with van der Waals surface area (Å²) in [6.07, 6.45) is 11.1. The first-order valence-electron chi connectivity index (χ1n) is 14.2. The van der Waals surface area contributed by atoms with Gasteiger partial charge in [0.25, 0.3) is 10.0 Å². The minimum absolute atomic E-state index is 0.0143. The second-order valence-corrected chi connectivity index (χ2v) is 13.6. The van der Waals surface area contributed by atoms with Crippen LogP contribution in [0.3, 0.4) is 0 Å². The predicted octanol–water partition coefficient (Wildman–Crippen LogP) is 4.70. The number of aromatic nitrogens is 5. The molecular formula is C31H31FN6O3S. The Morgan fingerprint density at radius 2 is 1.90 bits per heavy atom. The molecule has 0 bridgehead atoms. The van der Waals surface area contributed by atoms with Gasteiger partial charge in [-0.3, -0.25) is 14.5 Å². The van der Waals surface area contributed by atoms with E-state index in [2.05, 4.69) is 15.2 Å². The van der Waals surface area contributed by atoms with Gasteiger partial charge in [0.05, 0.1) is 23.0 Å². The molecular weight excluding hydrogens is 555 g/mol. The van der Waals surface area contributed by atoms with Crippen molar-refractivity contribution < 1.29 is 17.6 Å². The Morgan fingerprint density at radius 1 is 1.12 bits per heavy atom. The number of pyridine rings is 1. The van der Waals surface area contributed by atoms with Crippen molar-refractivity contribution in [1.29, 1.82) is 0 Å². The van der Waals surface area contributed by atoms with Crippen molar-refractivity contribution in [3.05, 3.63) is 95.0 Å². The Hall–Kier alpha value is -3.96. The van der Waals surface area contributed by atoms with Gasteiger partial charge in [-0.05, 0) is 104 Å². The predicted molar refractivity (Wildman–Crippen MR) is 154 cm³/mol. The number of rotatable bonds is 7. The Morgan fingerprint density at radius 3 is 2.62 bits per heavy atom. The quantitative estimate of drug-likeness (QED) is 0.291. The molecule has 3 aliphatic rings. The van der Waals surface area contributed by atoms with Crippen LogP contribution in [-0.2, 0) is 23.5 Å². The maximum absolute atomic E-state index is 14.6. The SMILES string of the molecule is CN([C@H]1CCC2=Cc3c(cnn3-c3ccc(F)cc3)C[C@]2(C(=O)c2cc(C3CC3)ccn2)C1)S(=O)(=O)c1ccn(C)n1. The average Bonchev–Trinajstić information content (AvgIpc) is 3.63. The van der Waals surface area contributed by atoms with Crippen molar-refractivity contribution in [2.45, 2.75) is 55.5 Å². The highest BCUT2D eigenvalue weighted by Crippen LogP contribution is 2.51. The fourth-order valence-corrected chi connectivity index (χ4v) is 7.88. The fourth-order valence-electron chi connectivity index (χ4n) is 6.54. The second-order valence-electron chi connectivity index (χ2n) is 11.7. The van der Waals surface area contributed by atoms with Crippen LogP contribution < -0.4 is 0 Å². The number of allylic oxidation sites excluding steroid dienone is 1. The number of fused-ring (bicyclic) bond motifs is 2. The number of carbonyl (C=O) groups is 1. The summed E-state index contributed by atoms with van der Waals surface area (Å²) in [5.74, 6) is 0.0456. The van der Waals surface area contributed by atoms with Gasteiger partial charge in [-0.1, -0.05) is 5.57 Å². The number of sulfonamides is 1. The first-order valence-corrected chi connectivity index (χ1v) is 15.6. The first-order chi connectivity index (χ1) is 20.2. The molecule has 7 rings (SSSR count). The zero-order chi connectivity index (χ0) is 29.2. The van der Waals surface area contributed by atoms with Crippen LogP contribution in [0.15, 0.2) is 71.7 Å². The molecule has 0 N–H and O–H groups in total. The summed E-state index contributed by atoms with van der Waals surface area (Å²) in [6.45, 7) is 0. The lowest BCUT2D eigenvalue weighted by atomic mass is 9.60. The zero-order valence-corrected chi connectivity index (χ0v) is 24.3. The van der Waals surface area contributed by atoms with Crippen LogP contribution in [0, 0.1) is 11.2 Å². The molecule has 1 aromatic carbocycles. The maximum atomic E-state index is 14.6. The van der Waals surface area contributed by atoms with Gasteiger partial charge in [0.2, 0.25) is 0 Å². The molecule has 0 saturated heterocycles. The van der Waals surface area contributed by atoms with E-state index in [1.54, 1.807) is 49.5 Å². The zero-order valence-electron chi connectivity index (χ0n) is 23.4. The number of ketones is 1. The Bertz CT molecular complexity index is 1840. The van der Waals surface area contributed by atoms with Gasteiger partial charge >= 0.3 is 0 Å². The minimum atomic E-state index is -3.87. The van der Waals surface area contributed by atoms with E-state index in [1.165, 1.54) is 27.2 Å². The van der Waals surface area contributed by atoms with E-state index in [-0.39, 0.29) is 16.6 Å². The van der Waals surface area contributed by atoms with Crippen LogP contribution in [0.1, 0.15) is 65.3 Å². The van der Waals surface area contributed by atoms with E-state index in [0.29, 0.717) is 37.3 Å². The highest BCUT2D eigenvalue weighted by molar-refractivity contribution is 7.89. The fraction of sp³-hybridized carbons (Fsp3) is 0.355. The van der Waals surface area contributed by atoms with Gasteiger partial charge in [0.1, 0.15) is 11.5 Å². The molecule has 0 spiro atoms. The summed E-state index contributed by atoms with van der Waals surface area (Å²) in [5.41, 5.74) is 3.96. The topological polar surface area (TPSA) is 103 Å². The standard InChI is InChI=1S/C31H31FN6O3S/c1-36-14-12-29(35-36)42(40,41)37(2)26-8-5-23-16-28-22(19-34-38(28)25-9-6-24(32)7-10-25)17-31(23,18-26)30(39)27-15-21(11-13-33-27)20-3-4-20/h6-7,9-16,19-20,26H,3-5,8,17-18H2,1-2H3/t26-,31-/m0/s1. The molecule has 3 aromatic heterocycles. The number of halogens is 1. The second kappa shape index (κ2) is 9.81. The molecule has 0 amide bonds. The Kier molecular flexibility index (Phi) is 6.28. The Balaban J connectivity index is 1.30. The van der Waals surface area contributed by atoms with Gasteiger partial charge < -0.3 is 0 Å². The monoisotopic (exact) mass is 586 g/mol. The third kappa shape index (κ3) is 4.42. The van der Waals surface area contributed by atoms with Crippen LogP contribution in [0.4, 0.5) is 4.39 Å². The average molecular weight is 587 g/mol. The van der Waals surface area contributed by atoms with Crippen molar-refractivity contribution >= 4 is 21.9 Å². The number of aryl methyl sites for hydroxylation is 1. The van der Waals surface area contributed by atoms with Crippen molar-refractivity contribution in [3.8, 4) is 5.69 Å². The van der Waals surface area contributed by atoms with Crippen molar-refractivity contribution in [2.75, 3.05) is 7.05 Å². The molecule has 216 valence electrons. The number of benzene rings is 1. The number of nitrogens with zero attached hydrogens (tertiary/aromatic N) is 6. The minimum Gasteiger partial charge on any atom is -0.291 e. The third-order valence-electron chi connectivity index (χ3n) is 9.05. The summed E-state index contributed by atoms with van der Waals surface area (Å²) in [6, 6.07) is 11.1. The normalized spacial score (nSPS) is 22.0.